The Bertz CT molecular complexity index is 817. The Labute approximate surface area is 132 Å². The van der Waals surface area contributed by atoms with Crippen molar-refractivity contribution in [3.05, 3.63) is 23.8 Å². The fourth-order valence-corrected chi connectivity index (χ4v) is 4.56. The number of amides is 1. The summed E-state index contributed by atoms with van der Waals surface area (Å²) in [5.74, 6) is -2.54. The first-order valence-electron chi connectivity index (χ1n) is 7.02. The van der Waals surface area contributed by atoms with Gasteiger partial charge in [-0.15, -0.1) is 0 Å². The number of Topliss-reactive ketones (excluding diaryl/α,β-unsaturated/α-hetero) is 1. The molecular weight excluding hydrogens is 324 g/mol. The number of carbonyl (C=O) groups is 3. The summed E-state index contributed by atoms with van der Waals surface area (Å²) in [5.41, 5.74) is 0.798. The lowest BCUT2D eigenvalue weighted by Gasteiger charge is -2.22. The van der Waals surface area contributed by atoms with Crippen LogP contribution < -0.4 is 5.32 Å². The highest BCUT2D eigenvalue weighted by atomic mass is 32.2. The molecule has 3 rings (SSSR count). The van der Waals surface area contributed by atoms with Gasteiger partial charge in [0.1, 0.15) is 6.04 Å². The third-order valence-electron chi connectivity index (χ3n) is 4.02. The van der Waals surface area contributed by atoms with E-state index in [4.69, 9.17) is 5.11 Å². The van der Waals surface area contributed by atoms with Gasteiger partial charge in [0.15, 0.2) is 0 Å². The standard InChI is InChI=1S/C14H14N2O6S/c17-12-7-8-6-9(3-4-10(8)15-13(12)18)23(21,22)16-5-1-2-11(16)14(19)20/h3-4,6,11H,1-2,5,7H2,(H,15,18)(H,19,20). The molecule has 2 heterocycles. The van der Waals surface area contributed by atoms with Gasteiger partial charge >= 0.3 is 5.97 Å². The topological polar surface area (TPSA) is 121 Å². The third-order valence-corrected chi connectivity index (χ3v) is 5.93. The van der Waals surface area contributed by atoms with E-state index in [9.17, 15) is 22.8 Å². The molecule has 1 unspecified atom stereocenters. The van der Waals surface area contributed by atoms with Crippen LogP contribution in [0.1, 0.15) is 18.4 Å². The van der Waals surface area contributed by atoms with Crippen molar-refractivity contribution in [2.45, 2.75) is 30.2 Å². The number of rotatable bonds is 3. The average molecular weight is 338 g/mol. The number of hydrogen-bond donors (Lipinski definition) is 2. The van der Waals surface area contributed by atoms with Gasteiger partial charge in [-0.05, 0) is 36.6 Å². The molecule has 2 N–H and O–H groups in total. The van der Waals surface area contributed by atoms with Gasteiger partial charge in [0.2, 0.25) is 15.8 Å². The van der Waals surface area contributed by atoms with E-state index in [2.05, 4.69) is 5.32 Å². The van der Waals surface area contributed by atoms with E-state index >= 15 is 0 Å². The van der Waals surface area contributed by atoms with Gasteiger partial charge < -0.3 is 10.4 Å². The normalized spacial score (nSPS) is 21.8. The number of benzene rings is 1. The predicted octanol–water partition coefficient (Wildman–Crippen LogP) is -0.0120. The summed E-state index contributed by atoms with van der Waals surface area (Å²) >= 11 is 0. The monoisotopic (exact) mass is 338 g/mol. The first-order valence-corrected chi connectivity index (χ1v) is 8.46. The number of nitrogens with zero attached hydrogens (tertiary/aromatic N) is 1. The maximum absolute atomic E-state index is 12.7. The molecule has 0 bridgehead atoms. The van der Waals surface area contributed by atoms with Crippen LogP contribution >= 0.6 is 0 Å². The van der Waals surface area contributed by atoms with E-state index in [1.165, 1.54) is 18.2 Å². The van der Waals surface area contributed by atoms with Gasteiger partial charge in [0.25, 0.3) is 5.91 Å². The Morgan fingerprint density at radius 1 is 1.30 bits per heavy atom. The van der Waals surface area contributed by atoms with Gasteiger partial charge in [-0.25, -0.2) is 8.42 Å². The largest absolute Gasteiger partial charge is 0.480 e. The van der Waals surface area contributed by atoms with Crippen LogP contribution in [0.15, 0.2) is 23.1 Å². The van der Waals surface area contributed by atoms with E-state index < -0.39 is 33.7 Å². The lowest BCUT2D eigenvalue weighted by molar-refractivity contribution is -0.140. The third kappa shape index (κ3) is 2.62. The molecule has 0 aliphatic carbocycles. The predicted molar refractivity (Wildman–Crippen MR) is 78.3 cm³/mol. The van der Waals surface area contributed by atoms with Crippen molar-refractivity contribution in [3.8, 4) is 0 Å². The first kappa shape index (κ1) is 15.6. The molecule has 1 aromatic carbocycles. The molecule has 122 valence electrons. The van der Waals surface area contributed by atoms with Crippen molar-refractivity contribution in [2.75, 3.05) is 11.9 Å². The maximum Gasteiger partial charge on any atom is 0.322 e. The second-order valence-corrected chi connectivity index (χ2v) is 7.38. The van der Waals surface area contributed by atoms with Crippen molar-refractivity contribution in [3.63, 3.8) is 0 Å². The number of ketones is 1. The molecular formula is C14H14N2O6S. The molecule has 9 heteroatoms. The molecule has 2 aliphatic heterocycles. The summed E-state index contributed by atoms with van der Waals surface area (Å²) < 4.78 is 26.3. The number of carboxylic acid groups (broad SMARTS) is 1. The molecule has 2 aliphatic rings. The molecule has 0 aromatic heterocycles. The first-order chi connectivity index (χ1) is 10.8. The molecule has 8 nitrogen and oxygen atoms in total. The van der Waals surface area contributed by atoms with Gasteiger partial charge in [-0.1, -0.05) is 0 Å². The van der Waals surface area contributed by atoms with E-state index in [1.54, 1.807) is 0 Å². The van der Waals surface area contributed by atoms with Crippen LogP contribution in [0.2, 0.25) is 0 Å². The number of fused-ring (bicyclic) bond motifs is 1. The summed E-state index contributed by atoms with van der Waals surface area (Å²) in [7, 11) is -3.97. The van der Waals surface area contributed by atoms with Crippen molar-refractivity contribution >= 4 is 33.4 Å². The van der Waals surface area contributed by atoms with Crippen molar-refractivity contribution in [1.82, 2.24) is 4.31 Å². The Hall–Kier alpha value is -2.26. The van der Waals surface area contributed by atoms with Gasteiger partial charge in [0, 0.05) is 18.7 Å². The minimum Gasteiger partial charge on any atom is -0.480 e. The molecule has 1 fully saturated rings. The van der Waals surface area contributed by atoms with Crippen molar-refractivity contribution in [2.24, 2.45) is 0 Å². The number of nitrogens with one attached hydrogen (secondary N) is 1. The number of carboxylic acids is 1. The smallest absolute Gasteiger partial charge is 0.322 e. The lowest BCUT2D eigenvalue weighted by atomic mass is 10.0. The number of anilines is 1. The highest BCUT2D eigenvalue weighted by molar-refractivity contribution is 7.89. The minimum atomic E-state index is -3.97. The highest BCUT2D eigenvalue weighted by Gasteiger charge is 2.39. The zero-order chi connectivity index (χ0) is 16.8. The SMILES string of the molecule is O=C1Cc2cc(S(=O)(=O)N3CCCC3C(=O)O)ccc2NC1=O. The van der Waals surface area contributed by atoms with E-state index in [1.807, 2.05) is 0 Å². The number of carbonyl (C=O) groups excluding carboxylic acids is 2. The Morgan fingerprint density at radius 3 is 2.74 bits per heavy atom. The van der Waals surface area contributed by atoms with Gasteiger partial charge in [-0.3, -0.25) is 14.4 Å². The van der Waals surface area contributed by atoms with E-state index in [-0.39, 0.29) is 24.3 Å². The Balaban J connectivity index is 1.98. The number of hydrogen-bond acceptors (Lipinski definition) is 5. The molecule has 1 atom stereocenters. The lowest BCUT2D eigenvalue weighted by Crippen LogP contribution is -2.40. The van der Waals surface area contributed by atoms with E-state index in [0.717, 1.165) is 4.31 Å². The minimum absolute atomic E-state index is 0.0756. The summed E-state index contributed by atoms with van der Waals surface area (Å²) in [6, 6.07) is 2.97. The quantitative estimate of drug-likeness (QED) is 0.748. The molecule has 23 heavy (non-hydrogen) atoms. The zero-order valence-corrected chi connectivity index (χ0v) is 12.8. The van der Waals surface area contributed by atoms with Crippen LogP contribution in [0.4, 0.5) is 5.69 Å². The fourth-order valence-electron chi connectivity index (χ4n) is 2.85. The fraction of sp³-hybridized carbons (Fsp3) is 0.357. The van der Waals surface area contributed by atoms with Crippen LogP contribution in [-0.2, 0) is 30.8 Å². The zero-order valence-electron chi connectivity index (χ0n) is 12.0. The maximum atomic E-state index is 12.7. The van der Waals surface area contributed by atoms with Crippen LogP contribution in [0, 0.1) is 0 Å². The molecule has 0 saturated carbocycles. The van der Waals surface area contributed by atoms with Crippen LogP contribution in [0.25, 0.3) is 0 Å². The molecule has 0 spiro atoms. The number of aliphatic carboxylic acids is 1. The highest BCUT2D eigenvalue weighted by Crippen LogP contribution is 2.30. The number of sulfonamides is 1. The van der Waals surface area contributed by atoms with Gasteiger partial charge in [0.05, 0.1) is 4.90 Å². The summed E-state index contributed by atoms with van der Waals surface area (Å²) in [4.78, 5) is 33.9. The summed E-state index contributed by atoms with van der Waals surface area (Å²) in [6.45, 7) is 0.145. The molecule has 1 saturated heterocycles. The second kappa shape index (κ2) is 5.43. The Kier molecular flexibility index (Phi) is 3.69. The molecule has 1 amide bonds. The summed E-state index contributed by atoms with van der Waals surface area (Å²) in [5, 5.41) is 11.5. The van der Waals surface area contributed by atoms with Crippen molar-refractivity contribution in [1.29, 1.82) is 0 Å². The van der Waals surface area contributed by atoms with E-state index in [0.29, 0.717) is 17.7 Å². The van der Waals surface area contributed by atoms with Crippen LogP contribution in [0.5, 0.6) is 0 Å². The second-order valence-electron chi connectivity index (χ2n) is 5.49. The molecule has 1 aromatic rings. The van der Waals surface area contributed by atoms with Crippen molar-refractivity contribution < 1.29 is 27.9 Å². The van der Waals surface area contributed by atoms with Gasteiger partial charge in [-0.2, -0.15) is 4.31 Å². The average Bonchev–Trinajstić information content (AvgIpc) is 2.98. The molecule has 0 radical (unpaired) electrons. The van der Waals surface area contributed by atoms with Crippen LogP contribution in [-0.4, -0.2) is 48.1 Å². The summed E-state index contributed by atoms with van der Waals surface area (Å²) in [6.07, 6.45) is 0.580. The van der Waals surface area contributed by atoms with Crippen LogP contribution in [0.3, 0.4) is 0 Å². The Morgan fingerprint density at radius 2 is 2.04 bits per heavy atom.